The number of para-hydroxylation sites is 1. The van der Waals surface area contributed by atoms with Crippen LogP contribution < -0.4 is 9.80 Å². The molecule has 1 heterocycles. The van der Waals surface area contributed by atoms with Gasteiger partial charge in [-0.05, 0) is 36.4 Å². The first-order valence-electron chi connectivity index (χ1n) is 7.07. The summed E-state index contributed by atoms with van der Waals surface area (Å²) in [7, 11) is 0. The standard InChI is InChI=1S/C17H17FN2O/c18-15-5-7-16(8-6-15)19-9-11-20(12-10-19)17-4-2-1-3-14(17)13-21/h1-8,13H,9-12H2. The van der Waals surface area contributed by atoms with E-state index in [1.54, 1.807) is 0 Å². The van der Waals surface area contributed by atoms with Gasteiger partial charge in [0.05, 0.1) is 0 Å². The number of carbonyl (C=O) groups excluding carboxylic acids is 1. The molecule has 3 nitrogen and oxygen atoms in total. The number of nitrogens with zero attached hydrogens (tertiary/aromatic N) is 2. The molecule has 0 radical (unpaired) electrons. The van der Waals surface area contributed by atoms with E-state index in [0.717, 1.165) is 49.4 Å². The third kappa shape index (κ3) is 2.89. The zero-order valence-corrected chi connectivity index (χ0v) is 11.7. The first-order valence-corrected chi connectivity index (χ1v) is 7.07. The van der Waals surface area contributed by atoms with Crippen molar-refractivity contribution >= 4 is 17.7 Å². The molecule has 2 aromatic carbocycles. The second kappa shape index (κ2) is 5.95. The molecule has 108 valence electrons. The van der Waals surface area contributed by atoms with Crippen LogP contribution >= 0.6 is 0 Å². The zero-order chi connectivity index (χ0) is 14.7. The molecule has 0 aromatic heterocycles. The maximum absolute atomic E-state index is 13.0. The maximum atomic E-state index is 13.0. The molecular weight excluding hydrogens is 267 g/mol. The predicted molar refractivity (Wildman–Crippen MR) is 82.7 cm³/mol. The highest BCUT2D eigenvalue weighted by atomic mass is 19.1. The molecule has 0 saturated carbocycles. The smallest absolute Gasteiger partial charge is 0.152 e. The van der Waals surface area contributed by atoms with Gasteiger partial charge in [-0.25, -0.2) is 4.39 Å². The minimum Gasteiger partial charge on any atom is -0.368 e. The quantitative estimate of drug-likeness (QED) is 0.810. The van der Waals surface area contributed by atoms with E-state index in [1.165, 1.54) is 12.1 Å². The van der Waals surface area contributed by atoms with Crippen molar-refractivity contribution in [3.63, 3.8) is 0 Å². The van der Waals surface area contributed by atoms with Gasteiger partial charge in [-0.3, -0.25) is 4.79 Å². The van der Waals surface area contributed by atoms with Crippen LogP contribution in [-0.2, 0) is 0 Å². The van der Waals surface area contributed by atoms with Crippen LogP contribution in [0.5, 0.6) is 0 Å². The number of benzene rings is 2. The highest BCUT2D eigenvalue weighted by Gasteiger charge is 2.19. The number of anilines is 2. The van der Waals surface area contributed by atoms with Crippen LogP contribution in [0.25, 0.3) is 0 Å². The minimum absolute atomic E-state index is 0.211. The van der Waals surface area contributed by atoms with Crippen LogP contribution in [0.2, 0.25) is 0 Å². The Hall–Kier alpha value is -2.36. The monoisotopic (exact) mass is 284 g/mol. The third-order valence-corrected chi connectivity index (χ3v) is 3.88. The Morgan fingerprint density at radius 1 is 0.857 bits per heavy atom. The fourth-order valence-electron chi connectivity index (χ4n) is 2.73. The summed E-state index contributed by atoms with van der Waals surface area (Å²) in [5.41, 5.74) is 2.76. The lowest BCUT2D eigenvalue weighted by Crippen LogP contribution is -2.46. The van der Waals surface area contributed by atoms with E-state index in [4.69, 9.17) is 0 Å². The van der Waals surface area contributed by atoms with Gasteiger partial charge in [0.25, 0.3) is 0 Å². The molecule has 1 aliphatic heterocycles. The van der Waals surface area contributed by atoms with E-state index in [0.29, 0.717) is 0 Å². The van der Waals surface area contributed by atoms with Gasteiger partial charge < -0.3 is 9.80 Å². The lowest BCUT2D eigenvalue weighted by atomic mass is 10.1. The van der Waals surface area contributed by atoms with Crippen molar-refractivity contribution in [1.82, 2.24) is 0 Å². The first kappa shape index (κ1) is 13.6. The summed E-state index contributed by atoms with van der Waals surface area (Å²) in [6, 6.07) is 14.3. The van der Waals surface area contributed by atoms with E-state index in [1.807, 2.05) is 36.4 Å². The summed E-state index contributed by atoms with van der Waals surface area (Å²) in [5, 5.41) is 0. The lowest BCUT2D eigenvalue weighted by molar-refractivity contribution is 0.112. The van der Waals surface area contributed by atoms with E-state index in [2.05, 4.69) is 9.80 Å². The van der Waals surface area contributed by atoms with Crippen LogP contribution in [0.15, 0.2) is 48.5 Å². The number of hydrogen-bond acceptors (Lipinski definition) is 3. The topological polar surface area (TPSA) is 23.6 Å². The van der Waals surface area contributed by atoms with Crippen LogP contribution in [0.3, 0.4) is 0 Å². The molecule has 2 aromatic rings. The molecular formula is C17H17FN2O. The molecule has 0 atom stereocenters. The normalized spacial score (nSPS) is 15.1. The summed E-state index contributed by atoms with van der Waals surface area (Å²) in [4.78, 5) is 15.6. The predicted octanol–water partition coefficient (Wildman–Crippen LogP) is 2.96. The molecule has 21 heavy (non-hydrogen) atoms. The van der Waals surface area contributed by atoms with Crippen LogP contribution in [0, 0.1) is 5.82 Å². The van der Waals surface area contributed by atoms with E-state index < -0.39 is 0 Å². The largest absolute Gasteiger partial charge is 0.368 e. The zero-order valence-electron chi connectivity index (χ0n) is 11.7. The van der Waals surface area contributed by atoms with Gasteiger partial charge in [0.15, 0.2) is 6.29 Å². The average molecular weight is 284 g/mol. The number of halogens is 1. The number of hydrogen-bond donors (Lipinski definition) is 0. The number of aldehydes is 1. The van der Waals surface area contributed by atoms with Crippen LogP contribution in [0.1, 0.15) is 10.4 Å². The second-order valence-corrected chi connectivity index (χ2v) is 5.13. The molecule has 0 bridgehead atoms. The Kier molecular flexibility index (Phi) is 3.86. The maximum Gasteiger partial charge on any atom is 0.152 e. The lowest BCUT2D eigenvalue weighted by Gasteiger charge is -2.37. The van der Waals surface area contributed by atoms with Crippen LogP contribution in [-0.4, -0.2) is 32.5 Å². The summed E-state index contributed by atoms with van der Waals surface area (Å²) < 4.78 is 13.0. The fourth-order valence-corrected chi connectivity index (χ4v) is 2.73. The van der Waals surface area contributed by atoms with Crippen molar-refractivity contribution < 1.29 is 9.18 Å². The third-order valence-electron chi connectivity index (χ3n) is 3.88. The average Bonchev–Trinajstić information content (AvgIpc) is 2.56. The van der Waals surface area contributed by atoms with Crippen molar-refractivity contribution in [1.29, 1.82) is 0 Å². The minimum atomic E-state index is -0.211. The molecule has 1 saturated heterocycles. The van der Waals surface area contributed by atoms with E-state index in [-0.39, 0.29) is 5.82 Å². The Morgan fingerprint density at radius 2 is 1.48 bits per heavy atom. The molecule has 0 amide bonds. The summed E-state index contributed by atoms with van der Waals surface area (Å²) >= 11 is 0. The van der Waals surface area contributed by atoms with E-state index in [9.17, 15) is 9.18 Å². The number of piperazine rings is 1. The Labute approximate surface area is 123 Å². The Morgan fingerprint density at radius 3 is 2.14 bits per heavy atom. The van der Waals surface area contributed by atoms with Crippen LogP contribution in [0.4, 0.5) is 15.8 Å². The molecule has 0 N–H and O–H groups in total. The van der Waals surface area contributed by atoms with Gasteiger partial charge in [-0.15, -0.1) is 0 Å². The van der Waals surface area contributed by atoms with Crippen molar-refractivity contribution in [3.8, 4) is 0 Å². The number of rotatable bonds is 3. The Balaban J connectivity index is 1.70. The Bertz CT molecular complexity index is 619. The summed E-state index contributed by atoms with van der Waals surface area (Å²) in [6.45, 7) is 3.42. The van der Waals surface area contributed by atoms with Gasteiger partial charge in [-0.2, -0.15) is 0 Å². The van der Waals surface area contributed by atoms with Gasteiger partial charge in [0.2, 0.25) is 0 Å². The molecule has 1 fully saturated rings. The highest BCUT2D eigenvalue weighted by molar-refractivity contribution is 5.84. The summed E-state index contributed by atoms with van der Waals surface area (Å²) in [5.74, 6) is -0.211. The molecule has 3 rings (SSSR count). The molecule has 0 unspecified atom stereocenters. The van der Waals surface area contributed by atoms with Gasteiger partial charge in [0, 0.05) is 43.1 Å². The molecule has 0 spiro atoms. The second-order valence-electron chi connectivity index (χ2n) is 5.13. The van der Waals surface area contributed by atoms with Crippen molar-refractivity contribution in [2.45, 2.75) is 0 Å². The van der Waals surface area contributed by atoms with Crippen molar-refractivity contribution in [2.24, 2.45) is 0 Å². The van der Waals surface area contributed by atoms with Gasteiger partial charge in [-0.1, -0.05) is 12.1 Å². The molecule has 0 aliphatic carbocycles. The first-order chi connectivity index (χ1) is 10.3. The molecule has 1 aliphatic rings. The van der Waals surface area contributed by atoms with Crippen molar-refractivity contribution in [2.75, 3.05) is 36.0 Å². The SMILES string of the molecule is O=Cc1ccccc1N1CCN(c2ccc(F)cc2)CC1. The molecule has 4 heteroatoms. The van der Waals surface area contributed by atoms with Gasteiger partial charge in [0.1, 0.15) is 5.82 Å². The van der Waals surface area contributed by atoms with Gasteiger partial charge >= 0.3 is 0 Å². The van der Waals surface area contributed by atoms with Crippen molar-refractivity contribution in [3.05, 3.63) is 59.9 Å². The highest BCUT2D eigenvalue weighted by Crippen LogP contribution is 2.23. The number of carbonyl (C=O) groups is 1. The van der Waals surface area contributed by atoms with E-state index >= 15 is 0 Å². The fraction of sp³-hybridized carbons (Fsp3) is 0.235. The summed E-state index contributed by atoms with van der Waals surface area (Å²) in [6.07, 6.45) is 0.904.